The second-order valence-electron chi connectivity index (χ2n) is 8.00. The maximum Gasteiger partial charge on any atom is 0.229 e. The lowest BCUT2D eigenvalue weighted by atomic mass is 9.67. The van der Waals surface area contributed by atoms with E-state index in [0.717, 1.165) is 45.4 Å². The van der Waals surface area contributed by atoms with Crippen LogP contribution in [0.3, 0.4) is 0 Å². The Morgan fingerprint density at radius 3 is 2.58 bits per heavy atom. The van der Waals surface area contributed by atoms with Crippen LogP contribution in [0.5, 0.6) is 0 Å². The van der Waals surface area contributed by atoms with E-state index in [0.29, 0.717) is 0 Å². The maximum atomic E-state index is 12.8. The van der Waals surface area contributed by atoms with Crippen molar-refractivity contribution in [3.05, 3.63) is 66.0 Å². The van der Waals surface area contributed by atoms with Gasteiger partial charge in [0.05, 0.1) is 5.92 Å². The molecule has 0 saturated carbocycles. The highest BCUT2D eigenvalue weighted by Crippen LogP contribution is 2.45. The minimum atomic E-state index is 0.0137. The molecule has 2 saturated heterocycles. The molecule has 3 heterocycles. The third-order valence-corrected chi connectivity index (χ3v) is 6.13. The van der Waals surface area contributed by atoms with Crippen LogP contribution in [-0.4, -0.2) is 47.4 Å². The molecule has 1 aromatic carbocycles. The molecule has 1 atom stereocenters. The van der Waals surface area contributed by atoms with E-state index < -0.39 is 0 Å². The molecule has 0 aliphatic carbocycles. The van der Waals surface area contributed by atoms with E-state index in [1.807, 2.05) is 48.6 Å². The minimum absolute atomic E-state index is 0.0137. The van der Waals surface area contributed by atoms with Crippen LogP contribution >= 0.6 is 0 Å². The molecular weight excluding hydrogens is 322 g/mol. The molecule has 1 aromatic heterocycles. The number of nitrogens with zero attached hydrogens (tertiary/aromatic N) is 3. The smallest absolute Gasteiger partial charge is 0.229 e. The van der Waals surface area contributed by atoms with Crippen LogP contribution in [0, 0.1) is 5.41 Å². The predicted molar refractivity (Wildman–Crippen MR) is 103 cm³/mol. The molecule has 2 aromatic rings. The topological polar surface area (TPSA) is 36.4 Å². The van der Waals surface area contributed by atoms with Gasteiger partial charge in [-0.05, 0) is 55.0 Å². The monoisotopic (exact) mass is 349 g/mol. The number of carbonyl (C=O) groups is 1. The second-order valence-corrected chi connectivity index (χ2v) is 8.00. The van der Waals surface area contributed by atoms with Crippen molar-refractivity contribution < 1.29 is 4.79 Å². The van der Waals surface area contributed by atoms with Crippen LogP contribution in [0.15, 0.2) is 54.9 Å². The van der Waals surface area contributed by atoms with Gasteiger partial charge in [-0.3, -0.25) is 14.7 Å². The molecular formula is C22H27N3O. The molecule has 136 valence electrons. The lowest BCUT2D eigenvalue weighted by Gasteiger charge is -2.49. The molecule has 26 heavy (non-hydrogen) atoms. The van der Waals surface area contributed by atoms with E-state index in [9.17, 15) is 4.79 Å². The summed E-state index contributed by atoms with van der Waals surface area (Å²) in [6.45, 7) is 4.06. The summed E-state index contributed by atoms with van der Waals surface area (Å²) in [6.07, 6.45) is 7.10. The lowest BCUT2D eigenvalue weighted by molar-refractivity contribution is -0.139. The number of pyridine rings is 1. The van der Waals surface area contributed by atoms with Gasteiger partial charge in [-0.25, -0.2) is 0 Å². The fraction of sp³-hybridized carbons (Fsp3) is 0.455. The minimum Gasteiger partial charge on any atom is -0.345 e. The molecule has 0 unspecified atom stereocenters. The first-order chi connectivity index (χ1) is 12.7. The van der Waals surface area contributed by atoms with Gasteiger partial charge in [0, 0.05) is 32.5 Å². The Hall–Kier alpha value is -2.20. The highest BCUT2D eigenvalue weighted by molar-refractivity contribution is 5.84. The van der Waals surface area contributed by atoms with E-state index in [1.54, 1.807) is 0 Å². The standard InChI is InChI=1S/C22H27N3O/c1-24-17-22(14-20(21(24)26)19-7-3-2-4-8-19)9-12-25(13-10-22)16-18-6-5-11-23-15-18/h2-8,11,15,20H,9-10,12-14,16-17H2,1H3/t20-/m0/s1. The zero-order valence-corrected chi connectivity index (χ0v) is 15.5. The fourth-order valence-electron chi connectivity index (χ4n) is 4.68. The molecule has 2 fully saturated rings. The predicted octanol–water partition coefficient (Wildman–Crippen LogP) is 3.31. The van der Waals surface area contributed by atoms with Crippen LogP contribution in [0.25, 0.3) is 0 Å². The summed E-state index contributed by atoms with van der Waals surface area (Å²) in [5, 5.41) is 0. The Morgan fingerprint density at radius 1 is 1.12 bits per heavy atom. The molecule has 2 aliphatic rings. The number of benzene rings is 1. The first-order valence-electron chi connectivity index (χ1n) is 9.56. The first kappa shape index (κ1) is 17.2. The molecule has 1 spiro atoms. The number of aromatic nitrogens is 1. The van der Waals surface area contributed by atoms with Crippen LogP contribution in [-0.2, 0) is 11.3 Å². The number of piperidine rings is 2. The Kier molecular flexibility index (Phi) is 4.77. The number of likely N-dealkylation sites (tertiary alicyclic amines) is 2. The summed E-state index contributed by atoms with van der Waals surface area (Å²) in [4.78, 5) is 21.5. The number of amides is 1. The first-order valence-corrected chi connectivity index (χ1v) is 9.56. The van der Waals surface area contributed by atoms with Crippen molar-refractivity contribution in [3.8, 4) is 0 Å². The van der Waals surface area contributed by atoms with Crippen molar-refractivity contribution in [1.29, 1.82) is 0 Å². The summed E-state index contributed by atoms with van der Waals surface area (Å²) in [7, 11) is 1.97. The fourth-order valence-corrected chi connectivity index (χ4v) is 4.68. The zero-order valence-electron chi connectivity index (χ0n) is 15.5. The normalized spacial score (nSPS) is 23.3. The van der Waals surface area contributed by atoms with Crippen LogP contribution in [0.1, 0.15) is 36.3 Å². The molecule has 4 rings (SSSR count). The second kappa shape index (κ2) is 7.20. The highest BCUT2D eigenvalue weighted by Gasteiger charge is 2.44. The Morgan fingerprint density at radius 2 is 1.88 bits per heavy atom. The largest absolute Gasteiger partial charge is 0.345 e. The maximum absolute atomic E-state index is 12.8. The number of carbonyl (C=O) groups excluding carboxylic acids is 1. The molecule has 2 aliphatic heterocycles. The molecule has 4 heteroatoms. The van der Waals surface area contributed by atoms with Crippen molar-refractivity contribution in [1.82, 2.24) is 14.8 Å². The molecule has 0 bridgehead atoms. The van der Waals surface area contributed by atoms with Gasteiger partial charge >= 0.3 is 0 Å². The average molecular weight is 349 g/mol. The molecule has 0 radical (unpaired) electrons. The third-order valence-electron chi connectivity index (χ3n) is 6.13. The molecule has 4 nitrogen and oxygen atoms in total. The number of rotatable bonds is 3. The number of hydrogen-bond acceptors (Lipinski definition) is 3. The van der Waals surface area contributed by atoms with E-state index in [4.69, 9.17) is 0 Å². The van der Waals surface area contributed by atoms with Crippen LogP contribution < -0.4 is 0 Å². The number of likely N-dealkylation sites (N-methyl/N-ethyl adjacent to an activating group) is 1. The summed E-state index contributed by atoms with van der Waals surface area (Å²) in [5.41, 5.74) is 2.71. The van der Waals surface area contributed by atoms with Gasteiger partial charge in [-0.15, -0.1) is 0 Å². The Labute approximate surface area is 155 Å². The lowest BCUT2D eigenvalue weighted by Crippen LogP contribution is -2.52. The summed E-state index contributed by atoms with van der Waals surface area (Å²) in [6, 6.07) is 14.5. The van der Waals surface area contributed by atoms with Gasteiger partial charge in [0.25, 0.3) is 0 Å². The van der Waals surface area contributed by atoms with Gasteiger partial charge in [0.2, 0.25) is 5.91 Å². The van der Waals surface area contributed by atoms with Gasteiger partial charge in [0.1, 0.15) is 0 Å². The van der Waals surface area contributed by atoms with Gasteiger partial charge in [-0.2, -0.15) is 0 Å². The van der Waals surface area contributed by atoms with E-state index >= 15 is 0 Å². The van der Waals surface area contributed by atoms with Gasteiger partial charge < -0.3 is 4.90 Å². The van der Waals surface area contributed by atoms with Crippen molar-refractivity contribution in [3.63, 3.8) is 0 Å². The zero-order chi connectivity index (χ0) is 18.0. The van der Waals surface area contributed by atoms with Gasteiger partial charge in [0.15, 0.2) is 0 Å². The average Bonchev–Trinajstić information content (AvgIpc) is 2.68. The highest BCUT2D eigenvalue weighted by atomic mass is 16.2. The number of hydrogen-bond donors (Lipinski definition) is 0. The van der Waals surface area contributed by atoms with Crippen LogP contribution in [0.2, 0.25) is 0 Å². The third kappa shape index (κ3) is 3.51. The van der Waals surface area contributed by atoms with Crippen molar-refractivity contribution in [2.45, 2.75) is 31.7 Å². The Balaban J connectivity index is 1.45. The SMILES string of the molecule is CN1CC2(CCN(Cc3cccnc3)CC2)C[C@@H](c2ccccc2)C1=O. The van der Waals surface area contributed by atoms with Gasteiger partial charge in [-0.1, -0.05) is 36.4 Å². The quantitative estimate of drug-likeness (QED) is 0.853. The van der Waals surface area contributed by atoms with Crippen molar-refractivity contribution >= 4 is 5.91 Å². The summed E-state index contributed by atoms with van der Waals surface area (Å²) < 4.78 is 0. The van der Waals surface area contributed by atoms with Crippen molar-refractivity contribution in [2.75, 3.05) is 26.7 Å². The summed E-state index contributed by atoms with van der Waals surface area (Å²) >= 11 is 0. The summed E-state index contributed by atoms with van der Waals surface area (Å²) in [5.74, 6) is 0.291. The van der Waals surface area contributed by atoms with E-state index in [1.165, 1.54) is 11.1 Å². The molecule has 1 amide bonds. The van der Waals surface area contributed by atoms with Crippen molar-refractivity contribution in [2.24, 2.45) is 5.41 Å². The Bertz CT molecular complexity index is 738. The van der Waals surface area contributed by atoms with E-state index in [2.05, 4.69) is 28.1 Å². The molecule has 0 N–H and O–H groups in total. The van der Waals surface area contributed by atoms with Crippen LogP contribution in [0.4, 0.5) is 0 Å². The van der Waals surface area contributed by atoms with E-state index in [-0.39, 0.29) is 17.2 Å².